The lowest BCUT2D eigenvalue weighted by atomic mass is 9.91. The first-order chi connectivity index (χ1) is 9.07. The Morgan fingerprint density at radius 1 is 1.74 bits per heavy atom. The summed E-state index contributed by atoms with van der Waals surface area (Å²) < 4.78 is 0. The van der Waals surface area contributed by atoms with Crippen LogP contribution >= 0.6 is 23.4 Å². The maximum Gasteiger partial charge on any atom is 0.211 e. The number of pyridine rings is 1. The quantitative estimate of drug-likeness (QED) is 0.254. The first-order valence-electron chi connectivity index (χ1n) is 5.69. The first kappa shape index (κ1) is 15.9. The Kier molecular flexibility index (Phi) is 6.27. The van der Waals surface area contributed by atoms with Gasteiger partial charge in [0.05, 0.1) is 17.4 Å². The van der Waals surface area contributed by atoms with Crippen molar-refractivity contribution in [1.82, 2.24) is 4.98 Å². The maximum absolute atomic E-state index is 10.5. The zero-order valence-corrected chi connectivity index (χ0v) is 12.3. The molecule has 0 bridgehead atoms. The molecule has 0 saturated carbocycles. The van der Waals surface area contributed by atoms with Crippen molar-refractivity contribution in [2.45, 2.75) is 18.9 Å². The molecule has 0 radical (unpaired) electrons. The zero-order chi connectivity index (χ0) is 14.3. The van der Waals surface area contributed by atoms with Gasteiger partial charge in [0.2, 0.25) is 6.41 Å². The summed E-state index contributed by atoms with van der Waals surface area (Å²) in [6.07, 6.45) is 2.83. The molecule has 0 aliphatic carbocycles. The largest absolute Gasteiger partial charge is 0.327 e. The first-order valence-corrected chi connectivity index (χ1v) is 7.22. The maximum atomic E-state index is 10.5. The number of carbonyl (C=O) groups is 1. The molecule has 1 unspecified atom stereocenters. The molecule has 1 atom stereocenters. The summed E-state index contributed by atoms with van der Waals surface area (Å²) in [6, 6.07) is 1.77. The normalized spacial score (nSPS) is 13.6. The number of carbonyl (C=O) groups excluding carboxylic acids is 1. The average Bonchev–Trinajstić information content (AvgIpc) is 2.41. The van der Waals surface area contributed by atoms with E-state index >= 15 is 0 Å². The van der Waals surface area contributed by atoms with Crippen molar-refractivity contribution in [1.29, 1.82) is 0 Å². The number of aromatic nitrogens is 1. The molecular weight excluding hydrogens is 284 g/mol. The summed E-state index contributed by atoms with van der Waals surface area (Å²) in [5.41, 5.74) is 6.24. The van der Waals surface area contributed by atoms with Crippen molar-refractivity contribution in [3.8, 4) is 0 Å². The number of hydrogen-bond donors (Lipinski definition) is 2. The van der Waals surface area contributed by atoms with E-state index in [1.54, 1.807) is 17.8 Å². The molecule has 0 aromatic carbocycles. The number of nitrogens with two attached hydrogens (primary N) is 1. The van der Waals surface area contributed by atoms with Gasteiger partial charge in [0.15, 0.2) is 0 Å². The fourth-order valence-corrected chi connectivity index (χ4v) is 2.64. The van der Waals surface area contributed by atoms with Crippen LogP contribution < -0.4 is 11.1 Å². The molecule has 1 heterocycles. The van der Waals surface area contributed by atoms with E-state index < -0.39 is 5.54 Å². The van der Waals surface area contributed by atoms with Crippen molar-refractivity contribution in [3.05, 3.63) is 23.0 Å². The molecule has 3 N–H and O–H groups in total. The van der Waals surface area contributed by atoms with Crippen LogP contribution in [0.15, 0.2) is 17.3 Å². The lowest BCUT2D eigenvalue weighted by Crippen LogP contribution is -2.21. The highest BCUT2D eigenvalue weighted by molar-refractivity contribution is 7.99. The van der Waals surface area contributed by atoms with Crippen LogP contribution in [0.4, 0.5) is 5.69 Å². The number of aliphatic imine (C=N–C) groups is 1. The van der Waals surface area contributed by atoms with Gasteiger partial charge in [0, 0.05) is 11.4 Å². The number of amides is 1. The molecule has 1 rings (SSSR count). The molecule has 19 heavy (non-hydrogen) atoms. The molecule has 1 amide bonds. The Hall–Kier alpha value is -1.11. The van der Waals surface area contributed by atoms with Crippen molar-refractivity contribution < 1.29 is 4.79 Å². The van der Waals surface area contributed by atoms with Gasteiger partial charge in [0.25, 0.3) is 0 Å². The van der Waals surface area contributed by atoms with E-state index in [0.717, 1.165) is 17.7 Å². The molecule has 1 aromatic rings. The minimum absolute atomic E-state index is 0.365. The highest BCUT2D eigenvalue weighted by Crippen LogP contribution is 2.35. The second-order valence-corrected chi connectivity index (χ2v) is 5.59. The number of nitrogens with zero attached hydrogens (tertiary/aromatic N) is 2. The zero-order valence-electron chi connectivity index (χ0n) is 10.7. The predicted molar refractivity (Wildman–Crippen MR) is 82.0 cm³/mol. The van der Waals surface area contributed by atoms with Gasteiger partial charge in [-0.05, 0) is 31.9 Å². The van der Waals surface area contributed by atoms with E-state index in [1.165, 1.54) is 6.20 Å². The Morgan fingerprint density at radius 3 is 3.05 bits per heavy atom. The van der Waals surface area contributed by atoms with Crippen LogP contribution in [-0.2, 0) is 10.3 Å². The monoisotopic (exact) mass is 300 g/mol. The molecule has 7 heteroatoms. The van der Waals surface area contributed by atoms with E-state index in [1.807, 2.05) is 6.92 Å². The van der Waals surface area contributed by atoms with Gasteiger partial charge >= 0.3 is 0 Å². The van der Waals surface area contributed by atoms with E-state index in [9.17, 15) is 4.79 Å². The van der Waals surface area contributed by atoms with Crippen molar-refractivity contribution in [2.24, 2.45) is 10.7 Å². The van der Waals surface area contributed by atoms with Crippen molar-refractivity contribution >= 4 is 42.2 Å². The number of nitrogens with one attached hydrogen (secondary N) is 1. The highest BCUT2D eigenvalue weighted by atomic mass is 35.5. The van der Waals surface area contributed by atoms with E-state index in [0.29, 0.717) is 23.1 Å². The van der Waals surface area contributed by atoms with Crippen LogP contribution in [0.2, 0.25) is 5.15 Å². The second kappa shape index (κ2) is 7.47. The highest BCUT2D eigenvalue weighted by Gasteiger charge is 2.28. The topological polar surface area (TPSA) is 80.4 Å². The third kappa shape index (κ3) is 4.19. The van der Waals surface area contributed by atoms with Gasteiger partial charge in [-0.1, -0.05) is 11.6 Å². The Balaban J connectivity index is 3.04. The summed E-state index contributed by atoms with van der Waals surface area (Å²) in [5.74, 6) is 1.40. The minimum Gasteiger partial charge on any atom is -0.327 e. The van der Waals surface area contributed by atoms with Gasteiger partial charge < -0.3 is 11.1 Å². The molecule has 0 aliphatic heterocycles. The van der Waals surface area contributed by atoms with Crippen LogP contribution in [0.3, 0.4) is 0 Å². The van der Waals surface area contributed by atoms with Crippen LogP contribution in [0.25, 0.3) is 0 Å². The van der Waals surface area contributed by atoms with Crippen LogP contribution in [0.1, 0.15) is 18.9 Å². The molecule has 5 nitrogen and oxygen atoms in total. The standard InChI is InChI=1S/C12H17ClN4OS/c1-12(15-2,3-4-19-7-14)10-5-9(17-8-18)6-16-11(10)13/h5-6,8H,2-4,7,14H2,1H3,(H,17,18). The van der Waals surface area contributed by atoms with Crippen LogP contribution in [0, 0.1) is 0 Å². The number of thioether (sulfide) groups is 1. The van der Waals surface area contributed by atoms with Gasteiger partial charge in [-0.3, -0.25) is 9.79 Å². The molecule has 0 saturated heterocycles. The Morgan fingerprint density at radius 2 is 2.47 bits per heavy atom. The van der Waals surface area contributed by atoms with Crippen molar-refractivity contribution in [3.63, 3.8) is 0 Å². The number of hydrogen-bond acceptors (Lipinski definition) is 5. The third-order valence-electron chi connectivity index (χ3n) is 2.84. The summed E-state index contributed by atoms with van der Waals surface area (Å²) in [5, 5.41) is 2.91. The molecule has 1 aromatic heterocycles. The van der Waals surface area contributed by atoms with Gasteiger partial charge in [-0.2, -0.15) is 0 Å². The van der Waals surface area contributed by atoms with Crippen molar-refractivity contribution in [2.75, 3.05) is 16.9 Å². The fourth-order valence-electron chi connectivity index (χ4n) is 1.63. The lowest BCUT2D eigenvalue weighted by Gasteiger charge is -2.26. The lowest BCUT2D eigenvalue weighted by molar-refractivity contribution is -0.105. The number of anilines is 1. The summed E-state index contributed by atoms with van der Waals surface area (Å²) in [6.45, 7) is 5.57. The predicted octanol–water partition coefficient (Wildman–Crippen LogP) is 2.26. The molecule has 0 aliphatic rings. The van der Waals surface area contributed by atoms with Crippen LogP contribution in [0.5, 0.6) is 0 Å². The summed E-state index contributed by atoms with van der Waals surface area (Å²) in [7, 11) is 0. The van der Waals surface area contributed by atoms with E-state index in [-0.39, 0.29) is 0 Å². The summed E-state index contributed by atoms with van der Waals surface area (Å²) >= 11 is 7.75. The fraction of sp³-hybridized carbons (Fsp3) is 0.417. The Bertz CT molecular complexity index is 457. The number of halogens is 1. The molecule has 0 spiro atoms. The van der Waals surface area contributed by atoms with Gasteiger partial charge in [0.1, 0.15) is 5.15 Å². The van der Waals surface area contributed by atoms with Crippen LogP contribution in [-0.4, -0.2) is 29.7 Å². The van der Waals surface area contributed by atoms with E-state index in [4.69, 9.17) is 17.3 Å². The third-order valence-corrected chi connectivity index (χ3v) is 3.87. The smallest absolute Gasteiger partial charge is 0.211 e. The molecular formula is C12H17ClN4OS. The number of rotatable bonds is 8. The van der Waals surface area contributed by atoms with Gasteiger partial charge in [-0.15, -0.1) is 11.8 Å². The van der Waals surface area contributed by atoms with E-state index in [2.05, 4.69) is 22.0 Å². The summed E-state index contributed by atoms with van der Waals surface area (Å²) in [4.78, 5) is 18.7. The SMILES string of the molecule is C=NC(C)(CCSCN)c1cc(NC=O)cnc1Cl. The second-order valence-electron chi connectivity index (χ2n) is 4.08. The molecule has 104 valence electrons. The Labute approximate surface area is 122 Å². The van der Waals surface area contributed by atoms with Gasteiger partial charge in [-0.25, -0.2) is 4.98 Å². The average molecular weight is 301 g/mol. The molecule has 0 fully saturated rings. The minimum atomic E-state index is -0.549.